The minimum atomic E-state index is -4.50. The fraction of sp³-hybridized carbons (Fsp3) is 0.500. The van der Waals surface area contributed by atoms with Crippen LogP contribution in [0.15, 0.2) is 18.2 Å². The van der Waals surface area contributed by atoms with Crippen molar-refractivity contribution in [3.63, 3.8) is 0 Å². The van der Waals surface area contributed by atoms with E-state index in [-0.39, 0.29) is 22.2 Å². The standard InChI is InChI=1S/C12H15ClF3NO2S/c1-3-20(18,19)7-8(2)17-11-5-9(12(14,15)16)4-10(13)6-11/h4-6,8,17H,3,7H2,1-2H3. The molecule has 0 spiro atoms. The third kappa shape index (κ3) is 5.20. The number of benzene rings is 1. The van der Waals surface area contributed by atoms with Crippen LogP contribution in [0.25, 0.3) is 0 Å². The Kier molecular flexibility index (Phi) is 5.32. The summed E-state index contributed by atoms with van der Waals surface area (Å²) in [6, 6.07) is 2.53. The molecule has 0 amide bonds. The summed E-state index contributed by atoms with van der Waals surface area (Å²) in [7, 11) is -3.21. The van der Waals surface area contributed by atoms with E-state index in [1.165, 1.54) is 13.0 Å². The number of sulfone groups is 1. The summed E-state index contributed by atoms with van der Waals surface area (Å²) in [6.07, 6.45) is -4.50. The van der Waals surface area contributed by atoms with Gasteiger partial charge in [-0.25, -0.2) is 8.42 Å². The summed E-state index contributed by atoms with van der Waals surface area (Å²) in [5, 5.41) is 2.66. The lowest BCUT2D eigenvalue weighted by Gasteiger charge is -2.17. The van der Waals surface area contributed by atoms with Crippen molar-refractivity contribution in [2.75, 3.05) is 16.8 Å². The van der Waals surface area contributed by atoms with Gasteiger partial charge in [0.05, 0.1) is 11.3 Å². The number of anilines is 1. The number of hydrogen-bond acceptors (Lipinski definition) is 3. The molecule has 0 heterocycles. The van der Waals surface area contributed by atoms with Gasteiger partial charge in [-0.3, -0.25) is 0 Å². The maximum Gasteiger partial charge on any atom is 0.416 e. The van der Waals surface area contributed by atoms with Crippen LogP contribution in [0.1, 0.15) is 19.4 Å². The van der Waals surface area contributed by atoms with Crippen molar-refractivity contribution in [3.8, 4) is 0 Å². The number of halogens is 4. The first-order valence-electron chi connectivity index (χ1n) is 5.88. The third-order valence-corrected chi connectivity index (χ3v) is 4.69. The second-order valence-corrected chi connectivity index (χ2v) is 7.30. The van der Waals surface area contributed by atoms with Crippen molar-refractivity contribution in [3.05, 3.63) is 28.8 Å². The largest absolute Gasteiger partial charge is 0.416 e. The Bertz CT molecular complexity index is 573. The van der Waals surface area contributed by atoms with E-state index >= 15 is 0 Å². The molecule has 1 unspecified atom stereocenters. The van der Waals surface area contributed by atoms with Crippen LogP contribution in [-0.4, -0.2) is 26.0 Å². The SMILES string of the molecule is CCS(=O)(=O)CC(C)Nc1cc(Cl)cc(C(F)(F)F)c1. The van der Waals surface area contributed by atoms with Gasteiger partial charge in [-0.15, -0.1) is 0 Å². The minimum absolute atomic E-state index is 0.0115. The van der Waals surface area contributed by atoms with E-state index in [0.717, 1.165) is 12.1 Å². The number of rotatable bonds is 5. The fourth-order valence-corrected chi connectivity index (χ4v) is 2.98. The first-order valence-corrected chi connectivity index (χ1v) is 8.08. The quantitative estimate of drug-likeness (QED) is 0.898. The highest BCUT2D eigenvalue weighted by Crippen LogP contribution is 2.33. The highest BCUT2D eigenvalue weighted by molar-refractivity contribution is 7.91. The summed E-state index contributed by atoms with van der Waals surface area (Å²) in [5.41, 5.74) is -0.735. The van der Waals surface area contributed by atoms with Gasteiger partial charge in [0.15, 0.2) is 9.84 Å². The first-order chi connectivity index (χ1) is 9.03. The molecule has 1 aromatic rings. The molecule has 1 N–H and O–H groups in total. The lowest BCUT2D eigenvalue weighted by atomic mass is 10.2. The molecule has 0 saturated heterocycles. The molecule has 1 aromatic carbocycles. The van der Waals surface area contributed by atoms with Crippen molar-refractivity contribution in [1.82, 2.24) is 0 Å². The first kappa shape index (κ1) is 17.1. The Balaban J connectivity index is 2.91. The number of alkyl halides is 3. The van der Waals surface area contributed by atoms with Crippen molar-refractivity contribution in [2.24, 2.45) is 0 Å². The molecule has 1 atom stereocenters. The van der Waals surface area contributed by atoms with E-state index in [9.17, 15) is 21.6 Å². The lowest BCUT2D eigenvalue weighted by Crippen LogP contribution is -2.26. The van der Waals surface area contributed by atoms with E-state index < -0.39 is 27.6 Å². The van der Waals surface area contributed by atoms with E-state index in [1.54, 1.807) is 6.92 Å². The molecule has 0 aliphatic rings. The Morgan fingerprint density at radius 3 is 2.40 bits per heavy atom. The molecule has 114 valence electrons. The second-order valence-electron chi connectivity index (χ2n) is 4.47. The zero-order valence-electron chi connectivity index (χ0n) is 11.0. The average molecular weight is 330 g/mol. The smallest absolute Gasteiger partial charge is 0.382 e. The highest BCUT2D eigenvalue weighted by atomic mass is 35.5. The van der Waals surface area contributed by atoms with Crippen molar-refractivity contribution < 1.29 is 21.6 Å². The fourth-order valence-electron chi connectivity index (χ4n) is 1.66. The maximum absolute atomic E-state index is 12.6. The summed E-state index contributed by atoms with van der Waals surface area (Å²) in [4.78, 5) is 0. The molecule has 0 radical (unpaired) electrons. The van der Waals surface area contributed by atoms with E-state index in [2.05, 4.69) is 5.32 Å². The van der Waals surface area contributed by atoms with Gasteiger partial charge in [0.1, 0.15) is 0 Å². The normalized spacial score (nSPS) is 14.1. The molecular formula is C12H15ClF3NO2S. The van der Waals surface area contributed by atoms with Crippen molar-refractivity contribution >= 4 is 27.1 Å². The van der Waals surface area contributed by atoms with Gasteiger partial charge in [-0.2, -0.15) is 13.2 Å². The minimum Gasteiger partial charge on any atom is -0.382 e. The van der Waals surface area contributed by atoms with E-state index in [1.807, 2.05) is 0 Å². The van der Waals surface area contributed by atoms with Crippen LogP contribution in [0.3, 0.4) is 0 Å². The maximum atomic E-state index is 12.6. The summed E-state index contributed by atoms with van der Waals surface area (Å²) >= 11 is 5.64. The molecule has 0 bridgehead atoms. The second kappa shape index (κ2) is 6.22. The topological polar surface area (TPSA) is 46.2 Å². The molecule has 0 aliphatic carbocycles. The number of nitrogens with one attached hydrogen (secondary N) is 1. The molecule has 20 heavy (non-hydrogen) atoms. The molecular weight excluding hydrogens is 315 g/mol. The Morgan fingerprint density at radius 2 is 1.90 bits per heavy atom. The van der Waals surface area contributed by atoms with Gasteiger partial charge in [0.25, 0.3) is 0 Å². The molecule has 1 rings (SSSR count). The monoisotopic (exact) mass is 329 g/mol. The van der Waals surface area contributed by atoms with Gasteiger partial charge >= 0.3 is 6.18 Å². The van der Waals surface area contributed by atoms with Crippen LogP contribution in [-0.2, 0) is 16.0 Å². The van der Waals surface area contributed by atoms with Crippen LogP contribution >= 0.6 is 11.6 Å². The van der Waals surface area contributed by atoms with Crippen LogP contribution in [0.5, 0.6) is 0 Å². The van der Waals surface area contributed by atoms with Crippen LogP contribution in [0.4, 0.5) is 18.9 Å². The van der Waals surface area contributed by atoms with Crippen LogP contribution in [0, 0.1) is 0 Å². The van der Waals surface area contributed by atoms with Crippen molar-refractivity contribution in [2.45, 2.75) is 26.1 Å². The summed E-state index contributed by atoms with van der Waals surface area (Å²) in [5.74, 6) is -0.167. The Labute approximate surface area is 121 Å². The lowest BCUT2D eigenvalue weighted by molar-refractivity contribution is -0.137. The van der Waals surface area contributed by atoms with Gasteiger partial charge < -0.3 is 5.32 Å². The molecule has 0 saturated carbocycles. The molecule has 3 nitrogen and oxygen atoms in total. The van der Waals surface area contributed by atoms with Crippen LogP contribution in [0.2, 0.25) is 5.02 Å². The summed E-state index contributed by atoms with van der Waals surface area (Å²) < 4.78 is 60.8. The average Bonchev–Trinajstić information content (AvgIpc) is 2.26. The van der Waals surface area contributed by atoms with Crippen LogP contribution < -0.4 is 5.32 Å². The Morgan fingerprint density at radius 1 is 1.30 bits per heavy atom. The predicted molar refractivity (Wildman–Crippen MR) is 73.9 cm³/mol. The van der Waals surface area contributed by atoms with Gasteiger partial charge in [-0.05, 0) is 25.1 Å². The van der Waals surface area contributed by atoms with Gasteiger partial charge in [0.2, 0.25) is 0 Å². The molecule has 0 aromatic heterocycles. The highest BCUT2D eigenvalue weighted by Gasteiger charge is 2.31. The summed E-state index contributed by atoms with van der Waals surface area (Å²) in [6.45, 7) is 3.10. The van der Waals surface area contributed by atoms with E-state index in [4.69, 9.17) is 11.6 Å². The molecule has 8 heteroatoms. The zero-order valence-corrected chi connectivity index (χ0v) is 12.5. The van der Waals surface area contributed by atoms with E-state index in [0.29, 0.717) is 0 Å². The van der Waals surface area contributed by atoms with Crippen molar-refractivity contribution in [1.29, 1.82) is 0 Å². The predicted octanol–water partition coefficient (Wildman–Crippen LogP) is 3.59. The zero-order chi connectivity index (χ0) is 15.6. The van der Waals surface area contributed by atoms with Gasteiger partial charge in [-0.1, -0.05) is 18.5 Å². The third-order valence-electron chi connectivity index (χ3n) is 2.58. The molecule has 0 fully saturated rings. The Hall–Kier alpha value is -0.950. The molecule has 0 aliphatic heterocycles. The van der Waals surface area contributed by atoms with Gasteiger partial charge in [0, 0.05) is 22.5 Å². The number of hydrogen-bond donors (Lipinski definition) is 1.